The molecule has 0 heterocycles. The van der Waals surface area contributed by atoms with Gasteiger partial charge in [0.25, 0.3) is 0 Å². The summed E-state index contributed by atoms with van der Waals surface area (Å²) in [5.74, 6) is 0. The first kappa shape index (κ1) is 16.9. The number of nitrogens with zero attached hydrogens (tertiary/aromatic N) is 1. The second kappa shape index (κ2) is 8.24. The minimum Gasteiger partial charge on any atom is -0.383 e. The standard InChI is InChI=1S/C14H25N3O2S/c1-4-16-20(18,19)14-10-8-7-9-13(14)15-11-12-17(5-2)6-3/h7-10,15-16H,4-6,11-12H2,1-3H3. The third-order valence-electron chi connectivity index (χ3n) is 3.15. The van der Waals surface area contributed by atoms with E-state index in [1.165, 1.54) is 0 Å². The fourth-order valence-electron chi connectivity index (χ4n) is 2.00. The number of hydrogen-bond donors (Lipinski definition) is 2. The van der Waals surface area contributed by atoms with E-state index in [4.69, 9.17) is 0 Å². The molecule has 0 atom stereocenters. The molecule has 0 fully saturated rings. The third-order valence-corrected chi connectivity index (χ3v) is 4.75. The van der Waals surface area contributed by atoms with E-state index in [9.17, 15) is 8.42 Å². The summed E-state index contributed by atoms with van der Waals surface area (Å²) in [6.07, 6.45) is 0. The first-order valence-corrected chi connectivity index (χ1v) is 8.58. The van der Waals surface area contributed by atoms with E-state index in [2.05, 4.69) is 28.8 Å². The number of sulfonamides is 1. The number of rotatable bonds is 9. The average Bonchev–Trinajstić information content (AvgIpc) is 2.44. The summed E-state index contributed by atoms with van der Waals surface area (Å²) in [4.78, 5) is 2.59. The molecule has 0 aliphatic rings. The highest BCUT2D eigenvalue weighted by Crippen LogP contribution is 2.20. The average molecular weight is 299 g/mol. The quantitative estimate of drug-likeness (QED) is 0.729. The maximum atomic E-state index is 12.1. The van der Waals surface area contributed by atoms with E-state index in [0.29, 0.717) is 17.1 Å². The van der Waals surface area contributed by atoms with Crippen LogP contribution in [0.1, 0.15) is 20.8 Å². The monoisotopic (exact) mass is 299 g/mol. The zero-order valence-electron chi connectivity index (χ0n) is 12.5. The van der Waals surface area contributed by atoms with E-state index >= 15 is 0 Å². The Hall–Kier alpha value is -1.11. The number of para-hydroxylation sites is 1. The molecule has 6 heteroatoms. The molecule has 0 bridgehead atoms. The second-order valence-electron chi connectivity index (χ2n) is 4.45. The Balaban J connectivity index is 2.76. The summed E-state index contributed by atoms with van der Waals surface area (Å²) in [5.41, 5.74) is 0.653. The Bertz CT molecular complexity index is 499. The van der Waals surface area contributed by atoms with Gasteiger partial charge in [-0.05, 0) is 25.2 Å². The lowest BCUT2D eigenvalue weighted by Gasteiger charge is -2.19. The Kier molecular flexibility index (Phi) is 6.98. The zero-order chi connectivity index (χ0) is 15.0. The maximum absolute atomic E-state index is 12.1. The topological polar surface area (TPSA) is 61.4 Å². The Morgan fingerprint density at radius 3 is 2.35 bits per heavy atom. The van der Waals surface area contributed by atoms with Crippen molar-refractivity contribution in [2.75, 3.05) is 38.0 Å². The number of hydrogen-bond acceptors (Lipinski definition) is 4. The van der Waals surface area contributed by atoms with Gasteiger partial charge in [0.15, 0.2) is 0 Å². The minimum absolute atomic E-state index is 0.307. The molecule has 20 heavy (non-hydrogen) atoms. The van der Waals surface area contributed by atoms with Gasteiger partial charge < -0.3 is 10.2 Å². The van der Waals surface area contributed by atoms with Crippen molar-refractivity contribution < 1.29 is 8.42 Å². The van der Waals surface area contributed by atoms with Crippen LogP contribution in [-0.2, 0) is 10.0 Å². The van der Waals surface area contributed by atoms with Crippen LogP contribution in [0.25, 0.3) is 0 Å². The highest BCUT2D eigenvalue weighted by atomic mass is 32.2. The first-order chi connectivity index (χ1) is 9.55. The molecular weight excluding hydrogens is 274 g/mol. The fraction of sp³-hybridized carbons (Fsp3) is 0.571. The Labute approximate surface area is 122 Å². The van der Waals surface area contributed by atoms with Gasteiger partial charge in [0.1, 0.15) is 4.90 Å². The smallest absolute Gasteiger partial charge is 0.242 e. The van der Waals surface area contributed by atoms with Gasteiger partial charge in [-0.3, -0.25) is 0 Å². The van der Waals surface area contributed by atoms with Gasteiger partial charge in [0, 0.05) is 19.6 Å². The van der Waals surface area contributed by atoms with Crippen LogP contribution in [0.2, 0.25) is 0 Å². The van der Waals surface area contributed by atoms with E-state index in [-0.39, 0.29) is 0 Å². The molecule has 0 unspecified atom stereocenters. The molecule has 0 spiro atoms. The van der Waals surface area contributed by atoms with Crippen LogP contribution in [0.3, 0.4) is 0 Å². The van der Waals surface area contributed by atoms with Crippen LogP contribution in [0.15, 0.2) is 29.2 Å². The van der Waals surface area contributed by atoms with Crippen LogP contribution < -0.4 is 10.0 Å². The molecular formula is C14H25N3O2S. The molecule has 0 amide bonds. The van der Waals surface area contributed by atoms with Gasteiger partial charge in [-0.2, -0.15) is 0 Å². The minimum atomic E-state index is -3.43. The molecule has 0 aliphatic carbocycles. The highest BCUT2D eigenvalue weighted by molar-refractivity contribution is 7.89. The number of benzene rings is 1. The van der Waals surface area contributed by atoms with Gasteiger partial charge in [0.2, 0.25) is 10.0 Å². The van der Waals surface area contributed by atoms with Crippen LogP contribution in [0, 0.1) is 0 Å². The molecule has 0 saturated carbocycles. The summed E-state index contributed by atoms with van der Waals surface area (Å²) >= 11 is 0. The summed E-state index contributed by atoms with van der Waals surface area (Å²) < 4.78 is 26.7. The fourth-order valence-corrected chi connectivity index (χ4v) is 3.23. The first-order valence-electron chi connectivity index (χ1n) is 7.10. The van der Waals surface area contributed by atoms with Crippen molar-refractivity contribution in [2.24, 2.45) is 0 Å². The second-order valence-corrected chi connectivity index (χ2v) is 6.19. The van der Waals surface area contributed by atoms with E-state index in [0.717, 1.165) is 26.2 Å². The maximum Gasteiger partial charge on any atom is 0.242 e. The molecule has 0 radical (unpaired) electrons. The van der Waals surface area contributed by atoms with E-state index in [1.807, 2.05) is 6.07 Å². The molecule has 2 N–H and O–H groups in total. The molecule has 1 aromatic carbocycles. The van der Waals surface area contributed by atoms with Crippen LogP contribution in [0.5, 0.6) is 0 Å². The molecule has 0 saturated heterocycles. The van der Waals surface area contributed by atoms with Gasteiger partial charge in [-0.15, -0.1) is 0 Å². The van der Waals surface area contributed by atoms with Crippen molar-refractivity contribution in [2.45, 2.75) is 25.7 Å². The third kappa shape index (κ3) is 4.77. The lowest BCUT2D eigenvalue weighted by Crippen LogP contribution is -2.29. The molecule has 0 aromatic heterocycles. The Morgan fingerprint density at radius 2 is 1.75 bits per heavy atom. The van der Waals surface area contributed by atoms with Crippen molar-refractivity contribution in [3.8, 4) is 0 Å². The van der Waals surface area contributed by atoms with Crippen molar-refractivity contribution in [3.63, 3.8) is 0 Å². The largest absolute Gasteiger partial charge is 0.383 e. The molecule has 5 nitrogen and oxygen atoms in total. The zero-order valence-corrected chi connectivity index (χ0v) is 13.3. The highest BCUT2D eigenvalue weighted by Gasteiger charge is 2.16. The SMILES string of the molecule is CCNS(=O)(=O)c1ccccc1NCCN(CC)CC. The molecule has 1 rings (SSSR count). The molecule has 114 valence electrons. The summed E-state index contributed by atoms with van der Waals surface area (Å²) in [5, 5.41) is 3.22. The molecule has 0 aliphatic heterocycles. The lowest BCUT2D eigenvalue weighted by molar-refractivity contribution is 0.316. The van der Waals surface area contributed by atoms with Crippen LogP contribution >= 0.6 is 0 Å². The summed E-state index contributed by atoms with van der Waals surface area (Å²) in [6.45, 7) is 10.00. The normalized spacial score (nSPS) is 11.8. The van der Waals surface area contributed by atoms with Crippen molar-refractivity contribution in [1.29, 1.82) is 0 Å². The molecule has 1 aromatic rings. The van der Waals surface area contributed by atoms with Crippen molar-refractivity contribution in [1.82, 2.24) is 9.62 Å². The van der Waals surface area contributed by atoms with Crippen molar-refractivity contribution >= 4 is 15.7 Å². The summed E-state index contributed by atoms with van der Waals surface area (Å²) in [6, 6.07) is 6.99. The number of nitrogens with one attached hydrogen (secondary N) is 2. The summed E-state index contributed by atoms with van der Waals surface area (Å²) in [7, 11) is -3.43. The lowest BCUT2D eigenvalue weighted by atomic mass is 10.3. The van der Waals surface area contributed by atoms with Crippen LogP contribution in [0.4, 0.5) is 5.69 Å². The van der Waals surface area contributed by atoms with Crippen LogP contribution in [-0.4, -0.2) is 46.0 Å². The van der Waals surface area contributed by atoms with Gasteiger partial charge >= 0.3 is 0 Å². The number of likely N-dealkylation sites (N-methyl/N-ethyl adjacent to an activating group) is 1. The number of anilines is 1. The van der Waals surface area contributed by atoms with Gasteiger partial charge in [-0.1, -0.05) is 32.9 Å². The van der Waals surface area contributed by atoms with E-state index in [1.54, 1.807) is 25.1 Å². The van der Waals surface area contributed by atoms with E-state index < -0.39 is 10.0 Å². The predicted octanol–water partition coefficient (Wildman–Crippen LogP) is 1.74. The van der Waals surface area contributed by atoms with Crippen molar-refractivity contribution in [3.05, 3.63) is 24.3 Å². The van der Waals surface area contributed by atoms with Gasteiger partial charge in [-0.25, -0.2) is 13.1 Å². The predicted molar refractivity (Wildman–Crippen MR) is 83.6 cm³/mol. The Morgan fingerprint density at radius 1 is 1.10 bits per heavy atom. The van der Waals surface area contributed by atoms with Gasteiger partial charge in [0.05, 0.1) is 5.69 Å².